The smallest absolute Gasteiger partial charge is 0.326 e. The number of aliphatic carboxylic acids is 1. The molecule has 2 N–H and O–H groups in total. The van der Waals surface area contributed by atoms with Gasteiger partial charge in [0.05, 0.1) is 20.3 Å². The van der Waals surface area contributed by atoms with Gasteiger partial charge in [-0.1, -0.05) is 88.6 Å². The van der Waals surface area contributed by atoms with Gasteiger partial charge in [-0.3, -0.25) is 4.79 Å². The Hall–Kier alpha value is -3.84. The number of nitrogens with zero attached hydrogens (tertiary/aromatic N) is 1. The lowest BCUT2D eigenvalue weighted by atomic mass is 9.72. The summed E-state index contributed by atoms with van der Waals surface area (Å²) in [6.07, 6.45) is 4.77. The van der Waals surface area contributed by atoms with E-state index in [1.165, 1.54) is 0 Å². The zero-order valence-corrected chi connectivity index (χ0v) is 26.6. The lowest BCUT2D eigenvalue weighted by Crippen LogP contribution is -2.49. The van der Waals surface area contributed by atoms with Gasteiger partial charge in [-0.2, -0.15) is 0 Å². The summed E-state index contributed by atoms with van der Waals surface area (Å²) in [6, 6.07) is 22.3. The molecule has 0 spiro atoms. The first-order valence-electron chi connectivity index (χ1n) is 15.8. The van der Waals surface area contributed by atoms with Crippen molar-refractivity contribution in [2.45, 2.75) is 77.5 Å². The second-order valence-electron chi connectivity index (χ2n) is 13.3. The maximum absolute atomic E-state index is 14.4. The van der Waals surface area contributed by atoms with E-state index in [1.54, 1.807) is 19.1 Å². The minimum Gasteiger partial charge on any atom is -0.497 e. The highest BCUT2D eigenvalue weighted by molar-refractivity contribution is 5.87. The Morgan fingerprint density at radius 1 is 0.886 bits per heavy atom. The summed E-state index contributed by atoms with van der Waals surface area (Å²) in [5.41, 5.74) is 3.55. The average Bonchev–Trinajstić information content (AvgIpc) is 3.40. The number of amides is 1. The fourth-order valence-electron chi connectivity index (χ4n) is 7.41. The average molecular weight is 599 g/mol. The number of rotatable bonds is 9. The van der Waals surface area contributed by atoms with E-state index in [1.807, 2.05) is 66.7 Å². The van der Waals surface area contributed by atoms with Crippen LogP contribution in [0.15, 0.2) is 72.8 Å². The van der Waals surface area contributed by atoms with Gasteiger partial charge >= 0.3 is 5.97 Å². The van der Waals surface area contributed by atoms with E-state index in [0.29, 0.717) is 6.54 Å². The number of carboxylic acid groups (broad SMARTS) is 1. The molecule has 5 rings (SSSR count). The lowest BCUT2D eigenvalue weighted by molar-refractivity contribution is -0.154. The molecule has 44 heavy (non-hydrogen) atoms. The predicted molar refractivity (Wildman–Crippen MR) is 173 cm³/mol. The van der Waals surface area contributed by atoms with Gasteiger partial charge in [0.1, 0.15) is 17.5 Å². The highest BCUT2D eigenvalue weighted by atomic mass is 16.5. The Balaban J connectivity index is 1.56. The van der Waals surface area contributed by atoms with Crippen LogP contribution < -0.4 is 14.8 Å². The monoisotopic (exact) mass is 598 g/mol. The number of carboxylic acids is 1. The van der Waals surface area contributed by atoms with Crippen LogP contribution in [0.5, 0.6) is 11.5 Å². The number of methoxy groups -OCH3 is 2. The molecule has 4 atom stereocenters. The van der Waals surface area contributed by atoms with Crippen LogP contribution in [0.2, 0.25) is 0 Å². The van der Waals surface area contributed by atoms with Crippen LogP contribution in [0.4, 0.5) is 0 Å². The van der Waals surface area contributed by atoms with Crippen molar-refractivity contribution in [3.05, 3.63) is 83.9 Å². The van der Waals surface area contributed by atoms with Crippen LogP contribution in [-0.4, -0.2) is 48.2 Å². The summed E-state index contributed by atoms with van der Waals surface area (Å²) in [6.45, 7) is 6.70. The summed E-state index contributed by atoms with van der Waals surface area (Å²) < 4.78 is 11.2. The molecule has 0 unspecified atom stereocenters. The number of ether oxygens (including phenoxy) is 2. The second-order valence-corrected chi connectivity index (χ2v) is 13.3. The van der Waals surface area contributed by atoms with Crippen molar-refractivity contribution < 1.29 is 24.2 Å². The van der Waals surface area contributed by atoms with Crippen molar-refractivity contribution in [2.24, 2.45) is 17.3 Å². The van der Waals surface area contributed by atoms with Crippen molar-refractivity contribution in [3.8, 4) is 22.6 Å². The van der Waals surface area contributed by atoms with Crippen LogP contribution >= 0.6 is 0 Å². The van der Waals surface area contributed by atoms with Crippen LogP contribution in [0.25, 0.3) is 11.1 Å². The number of likely N-dealkylation sites (tertiary alicyclic amines) is 1. The van der Waals surface area contributed by atoms with Crippen LogP contribution in [-0.2, 0) is 16.1 Å². The van der Waals surface area contributed by atoms with Crippen molar-refractivity contribution in [1.82, 2.24) is 10.2 Å². The second kappa shape index (κ2) is 13.4. The molecule has 7 heteroatoms. The third-order valence-electron chi connectivity index (χ3n) is 9.48. The fourth-order valence-corrected chi connectivity index (χ4v) is 7.41. The molecule has 1 amide bonds. The first-order chi connectivity index (χ1) is 21.1. The summed E-state index contributed by atoms with van der Waals surface area (Å²) in [5.74, 6) is 0.0703. The Kier molecular flexibility index (Phi) is 9.64. The number of carbonyl (C=O) groups excluding carboxylic acids is 1. The molecule has 234 valence electrons. The Labute approximate surface area is 261 Å². The van der Waals surface area contributed by atoms with E-state index in [0.717, 1.165) is 65.9 Å². The zero-order chi connectivity index (χ0) is 31.4. The molecular formula is C37H46N2O5. The van der Waals surface area contributed by atoms with E-state index in [4.69, 9.17) is 9.47 Å². The van der Waals surface area contributed by atoms with Crippen molar-refractivity contribution in [1.29, 1.82) is 0 Å². The topological polar surface area (TPSA) is 88.1 Å². The minimum atomic E-state index is -0.947. The summed E-state index contributed by atoms with van der Waals surface area (Å²) >= 11 is 0. The molecular weight excluding hydrogens is 552 g/mol. The molecule has 1 saturated carbocycles. The van der Waals surface area contributed by atoms with Gasteiger partial charge in [-0.25, -0.2) is 4.79 Å². The van der Waals surface area contributed by atoms with Crippen molar-refractivity contribution >= 4 is 11.9 Å². The maximum atomic E-state index is 14.4. The standard InChI is InChI=1S/C37H46N2O5/c1-37(2,3)31-32(38-23-28-21-27(19-20-30(28)44-5)26-17-12-18-29(22-26)43-4)33(24-13-8-6-9-14-24)39(34(31)36(41)42)35(40)25-15-10-7-11-16-25/h6,8-9,12-14,17-22,25,31-34,38H,7,10-11,15-16,23H2,1-5H3,(H,41,42)/t31-,32-,33-,34-/m0/s1. The van der Waals surface area contributed by atoms with Gasteiger partial charge in [0.25, 0.3) is 0 Å². The van der Waals surface area contributed by atoms with E-state index >= 15 is 0 Å². The first-order valence-corrected chi connectivity index (χ1v) is 15.8. The zero-order valence-electron chi connectivity index (χ0n) is 26.6. The number of hydrogen-bond donors (Lipinski definition) is 2. The quantitative estimate of drug-likeness (QED) is 0.273. The molecule has 1 aliphatic carbocycles. The van der Waals surface area contributed by atoms with Crippen LogP contribution in [0, 0.1) is 17.3 Å². The first kappa shape index (κ1) is 31.6. The Bertz CT molecular complexity index is 1440. The minimum absolute atomic E-state index is 0.0258. The van der Waals surface area contributed by atoms with Gasteiger partial charge in [-0.15, -0.1) is 0 Å². The Morgan fingerprint density at radius 2 is 1.59 bits per heavy atom. The molecule has 2 fully saturated rings. The van der Waals surface area contributed by atoms with Crippen LogP contribution in [0.1, 0.15) is 70.0 Å². The molecule has 7 nitrogen and oxygen atoms in total. The van der Waals surface area contributed by atoms with Gasteiger partial charge in [0.2, 0.25) is 5.91 Å². The van der Waals surface area contributed by atoms with E-state index in [-0.39, 0.29) is 23.8 Å². The van der Waals surface area contributed by atoms with E-state index in [9.17, 15) is 14.7 Å². The number of benzene rings is 3. The van der Waals surface area contributed by atoms with Gasteiger partial charge in [-0.05, 0) is 59.2 Å². The SMILES string of the molecule is COc1cccc(-c2ccc(OC)c(CN[C@H]3[C@H](C(C)(C)C)[C@@H](C(=O)O)N(C(=O)C4CCCCC4)[C@H]3c3ccccc3)c2)c1. The molecule has 2 aliphatic rings. The number of carbonyl (C=O) groups is 2. The molecule has 1 saturated heterocycles. The third-order valence-corrected chi connectivity index (χ3v) is 9.48. The van der Waals surface area contributed by atoms with Crippen molar-refractivity contribution in [3.63, 3.8) is 0 Å². The van der Waals surface area contributed by atoms with Crippen LogP contribution in [0.3, 0.4) is 0 Å². The summed E-state index contributed by atoms with van der Waals surface area (Å²) in [5, 5.41) is 14.6. The molecule has 1 heterocycles. The third kappa shape index (κ3) is 6.48. The van der Waals surface area contributed by atoms with E-state index < -0.39 is 23.5 Å². The largest absolute Gasteiger partial charge is 0.497 e. The normalized spacial score (nSPS) is 22.5. The molecule has 1 aliphatic heterocycles. The highest BCUT2D eigenvalue weighted by Gasteiger charge is 2.58. The predicted octanol–water partition coefficient (Wildman–Crippen LogP) is 7.11. The van der Waals surface area contributed by atoms with Crippen molar-refractivity contribution in [2.75, 3.05) is 14.2 Å². The molecule has 3 aromatic carbocycles. The number of hydrogen-bond acceptors (Lipinski definition) is 5. The maximum Gasteiger partial charge on any atom is 0.326 e. The molecule has 3 aromatic rings. The fraction of sp³-hybridized carbons (Fsp3) is 0.459. The Morgan fingerprint density at radius 3 is 2.23 bits per heavy atom. The summed E-state index contributed by atoms with van der Waals surface area (Å²) in [4.78, 5) is 29.2. The molecule has 0 radical (unpaired) electrons. The van der Waals surface area contributed by atoms with Gasteiger partial charge in [0.15, 0.2) is 0 Å². The molecule has 0 bridgehead atoms. The highest BCUT2D eigenvalue weighted by Crippen LogP contribution is 2.49. The lowest BCUT2D eigenvalue weighted by Gasteiger charge is -2.36. The van der Waals surface area contributed by atoms with E-state index in [2.05, 4.69) is 32.2 Å². The summed E-state index contributed by atoms with van der Waals surface area (Å²) in [7, 11) is 3.32. The van der Waals surface area contributed by atoms with Gasteiger partial charge in [0, 0.05) is 30.0 Å². The molecule has 0 aromatic heterocycles. The number of nitrogens with one attached hydrogen (secondary N) is 1. The van der Waals surface area contributed by atoms with Gasteiger partial charge < -0.3 is 24.8 Å².